The molecule has 0 spiro atoms. The monoisotopic (exact) mass is 223 g/mol. The molecule has 16 heavy (non-hydrogen) atoms. The van der Waals surface area contributed by atoms with Gasteiger partial charge < -0.3 is 9.21 Å². The smallest absolute Gasteiger partial charge is 0.214 e. The summed E-state index contributed by atoms with van der Waals surface area (Å²) >= 11 is 0. The summed E-state index contributed by atoms with van der Waals surface area (Å²) in [4.78, 5) is 21.0. The van der Waals surface area contributed by atoms with Crippen LogP contribution in [0, 0.1) is 16.0 Å². The molecular formula is C11H13NO4. The topological polar surface area (TPSA) is 73.3 Å². The molecule has 0 N–H and O–H groups in total. The van der Waals surface area contributed by atoms with E-state index in [1.54, 1.807) is 18.2 Å². The largest absolute Gasteiger partial charge is 0.469 e. The van der Waals surface area contributed by atoms with Crippen LogP contribution in [-0.4, -0.2) is 17.8 Å². The Kier molecular flexibility index (Phi) is 4.44. The molecule has 0 unspecified atom stereocenters. The Hall–Kier alpha value is -1.91. The fourth-order valence-electron chi connectivity index (χ4n) is 1.61. The van der Waals surface area contributed by atoms with Crippen molar-refractivity contribution in [3.63, 3.8) is 0 Å². The lowest BCUT2D eigenvalue weighted by molar-refractivity contribution is -0.484. The van der Waals surface area contributed by atoms with E-state index < -0.39 is 16.8 Å². The van der Waals surface area contributed by atoms with Crippen molar-refractivity contribution in [1.82, 2.24) is 0 Å². The number of nitro groups is 1. The summed E-state index contributed by atoms with van der Waals surface area (Å²) < 4.78 is 5.13. The van der Waals surface area contributed by atoms with Crippen LogP contribution in [0.4, 0.5) is 0 Å². The van der Waals surface area contributed by atoms with Gasteiger partial charge in [-0.15, -0.1) is 6.58 Å². The summed E-state index contributed by atoms with van der Waals surface area (Å²) in [6, 6.07) is 3.30. The van der Waals surface area contributed by atoms with Crippen molar-refractivity contribution >= 4 is 6.29 Å². The van der Waals surface area contributed by atoms with E-state index in [0.717, 1.165) is 6.29 Å². The normalized spacial score (nSPS) is 14.0. The summed E-state index contributed by atoms with van der Waals surface area (Å²) in [7, 11) is 0. The lowest BCUT2D eigenvalue weighted by Gasteiger charge is -2.15. The molecule has 5 nitrogen and oxygen atoms in total. The first-order chi connectivity index (χ1) is 7.69. The van der Waals surface area contributed by atoms with Crippen molar-refractivity contribution in [3.05, 3.63) is 46.9 Å². The van der Waals surface area contributed by atoms with E-state index in [4.69, 9.17) is 4.42 Å². The highest BCUT2D eigenvalue weighted by Gasteiger charge is 2.28. The molecule has 0 aliphatic carbocycles. The van der Waals surface area contributed by atoms with Gasteiger partial charge in [0.1, 0.15) is 12.0 Å². The quantitative estimate of drug-likeness (QED) is 0.307. The summed E-state index contributed by atoms with van der Waals surface area (Å²) in [5.41, 5.74) is 0. The fraction of sp³-hybridized carbons (Fsp3) is 0.364. The second kappa shape index (κ2) is 5.85. The predicted molar refractivity (Wildman–Crippen MR) is 57.7 cm³/mol. The van der Waals surface area contributed by atoms with Crippen LogP contribution in [0.3, 0.4) is 0 Å². The number of rotatable bonds is 7. The van der Waals surface area contributed by atoms with Crippen molar-refractivity contribution in [3.8, 4) is 0 Å². The van der Waals surface area contributed by atoms with Crippen LogP contribution in [0.2, 0.25) is 0 Å². The van der Waals surface area contributed by atoms with Crippen LogP contribution >= 0.6 is 0 Å². The lowest BCUT2D eigenvalue weighted by atomic mass is 9.88. The van der Waals surface area contributed by atoms with Gasteiger partial charge in [0.15, 0.2) is 0 Å². The van der Waals surface area contributed by atoms with Gasteiger partial charge >= 0.3 is 0 Å². The maximum Gasteiger partial charge on any atom is 0.214 e. The number of hydrogen-bond donors (Lipinski definition) is 0. The SMILES string of the molecule is C=CC[C@@H](C=O)[C@H](C[N+](=O)[O-])c1ccco1. The van der Waals surface area contributed by atoms with Gasteiger partial charge in [-0.3, -0.25) is 10.1 Å². The van der Waals surface area contributed by atoms with Gasteiger partial charge in [0, 0.05) is 10.8 Å². The van der Waals surface area contributed by atoms with Gasteiger partial charge in [-0.05, 0) is 18.6 Å². The number of allylic oxidation sites excluding steroid dienone is 1. The van der Waals surface area contributed by atoms with E-state index in [-0.39, 0.29) is 6.54 Å². The van der Waals surface area contributed by atoms with Crippen molar-refractivity contribution in [2.45, 2.75) is 12.3 Å². The van der Waals surface area contributed by atoms with Gasteiger partial charge in [-0.25, -0.2) is 0 Å². The Morgan fingerprint density at radius 3 is 2.81 bits per heavy atom. The molecule has 0 amide bonds. The van der Waals surface area contributed by atoms with Gasteiger partial charge in [0.2, 0.25) is 6.54 Å². The average Bonchev–Trinajstić information content (AvgIpc) is 2.76. The summed E-state index contributed by atoms with van der Waals surface area (Å²) in [5.74, 6) is -0.523. The first-order valence-electron chi connectivity index (χ1n) is 4.90. The van der Waals surface area contributed by atoms with Crippen LogP contribution < -0.4 is 0 Å². The highest BCUT2D eigenvalue weighted by atomic mass is 16.6. The fourth-order valence-corrected chi connectivity index (χ4v) is 1.61. The number of carbonyl (C=O) groups excluding carboxylic acids is 1. The molecule has 1 heterocycles. The molecule has 1 rings (SSSR count). The molecule has 0 bridgehead atoms. The first-order valence-corrected chi connectivity index (χ1v) is 4.90. The zero-order chi connectivity index (χ0) is 12.0. The van der Waals surface area contributed by atoms with Gasteiger partial charge in [-0.1, -0.05) is 6.08 Å². The minimum absolute atomic E-state index is 0.315. The van der Waals surface area contributed by atoms with Crippen LogP contribution in [0.1, 0.15) is 18.1 Å². The highest BCUT2D eigenvalue weighted by Crippen LogP contribution is 2.26. The Morgan fingerprint density at radius 1 is 1.62 bits per heavy atom. The van der Waals surface area contributed by atoms with Crippen LogP contribution in [0.15, 0.2) is 35.5 Å². The number of aldehydes is 1. The maximum atomic E-state index is 10.9. The molecule has 1 aromatic heterocycles. The zero-order valence-electron chi connectivity index (χ0n) is 8.74. The molecule has 0 aliphatic heterocycles. The lowest BCUT2D eigenvalue weighted by Crippen LogP contribution is -2.21. The van der Waals surface area contributed by atoms with Crippen molar-refractivity contribution in [2.75, 3.05) is 6.54 Å². The van der Waals surface area contributed by atoms with E-state index in [9.17, 15) is 14.9 Å². The van der Waals surface area contributed by atoms with Gasteiger partial charge in [0.05, 0.1) is 12.2 Å². The molecule has 0 fully saturated rings. The van der Waals surface area contributed by atoms with Crippen molar-refractivity contribution in [1.29, 1.82) is 0 Å². The Bertz CT molecular complexity index is 358. The molecule has 5 heteroatoms. The molecule has 0 radical (unpaired) electrons. The second-order valence-electron chi connectivity index (χ2n) is 3.46. The summed E-state index contributed by atoms with van der Waals surface area (Å²) in [5, 5.41) is 10.6. The minimum atomic E-state index is -0.527. The van der Waals surface area contributed by atoms with Gasteiger partial charge in [-0.2, -0.15) is 0 Å². The summed E-state index contributed by atoms with van der Waals surface area (Å²) in [6.45, 7) is 3.22. The zero-order valence-corrected chi connectivity index (χ0v) is 8.74. The number of carbonyl (C=O) groups is 1. The van der Waals surface area contributed by atoms with Crippen molar-refractivity contribution in [2.24, 2.45) is 5.92 Å². The Balaban J connectivity index is 2.89. The van der Waals surface area contributed by atoms with Crippen molar-refractivity contribution < 1.29 is 14.1 Å². The number of hydrogen-bond acceptors (Lipinski definition) is 4. The Morgan fingerprint density at radius 2 is 2.38 bits per heavy atom. The number of nitrogens with zero attached hydrogens (tertiary/aromatic N) is 1. The first kappa shape index (κ1) is 12.2. The van der Waals surface area contributed by atoms with E-state index in [0.29, 0.717) is 12.2 Å². The van der Waals surface area contributed by atoms with Crippen LogP contribution in [0.5, 0.6) is 0 Å². The van der Waals surface area contributed by atoms with E-state index in [2.05, 4.69) is 6.58 Å². The molecule has 0 saturated carbocycles. The van der Waals surface area contributed by atoms with Crippen LogP contribution in [0.25, 0.3) is 0 Å². The standard InChI is InChI=1S/C11H13NO4/c1-2-4-9(8-13)10(7-12(14)15)11-5-3-6-16-11/h2-3,5-6,8-10H,1,4,7H2/t9-,10-/m0/s1. The Labute approximate surface area is 92.9 Å². The molecule has 0 saturated heterocycles. The van der Waals surface area contributed by atoms with E-state index in [1.807, 2.05) is 0 Å². The average molecular weight is 223 g/mol. The van der Waals surface area contributed by atoms with Crippen LogP contribution in [-0.2, 0) is 4.79 Å². The molecular weight excluding hydrogens is 210 g/mol. The molecule has 0 aromatic carbocycles. The van der Waals surface area contributed by atoms with E-state index in [1.165, 1.54) is 6.26 Å². The molecule has 1 aromatic rings. The minimum Gasteiger partial charge on any atom is -0.469 e. The molecule has 86 valence electrons. The third-order valence-electron chi connectivity index (χ3n) is 2.38. The number of furan rings is 1. The van der Waals surface area contributed by atoms with Gasteiger partial charge in [0.25, 0.3) is 0 Å². The summed E-state index contributed by atoms with van der Waals surface area (Å²) in [6.07, 6.45) is 4.15. The molecule has 2 atom stereocenters. The maximum absolute atomic E-state index is 10.9. The second-order valence-corrected chi connectivity index (χ2v) is 3.46. The third kappa shape index (κ3) is 3.05. The predicted octanol–water partition coefficient (Wildman–Crippen LogP) is 2.03. The third-order valence-corrected chi connectivity index (χ3v) is 2.38. The van der Waals surface area contributed by atoms with E-state index >= 15 is 0 Å². The molecule has 0 aliphatic rings. The highest BCUT2D eigenvalue weighted by molar-refractivity contribution is 5.56.